The van der Waals surface area contributed by atoms with Gasteiger partial charge in [0.1, 0.15) is 17.4 Å². The van der Waals surface area contributed by atoms with Crippen molar-refractivity contribution in [2.75, 3.05) is 12.8 Å². The third-order valence-corrected chi connectivity index (χ3v) is 2.48. The lowest BCUT2D eigenvalue weighted by molar-refractivity contribution is 0.411. The summed E-state index contributed by atoms with van der Waals surface area (Å²) in [5.41, 5.74) is 6.62. The molecule has 2 nitrogen and oxygen atoms in total. The summed E-state index contributed by atoms with van der Waals surface area (Å²) in [6.45, 7) is 0. The van der Waals surface area contributed by atoms with E-state index in [0.717, 1.165) is 0 Å². The second-order valence-electron chi connectivity index (χ2n) is 3.58. The first-order chi connectivity index (χ1) is 8.11. The molecule has 88 valence electrons. The van der Waals surface area contributed by atoms with Crippen molar-refractivity contribution in [3.63, 3.8) is 0 Å². The lowest BCUT2D eigenvalue weighted by Gasteiger charge is -2.08. The highest BCUT2D eigenvalue weighted by Gasteiger charge is 2.10. The molecule has 0 fully saturated rings. The number of hydrogen-bond donors (Lipinski definition) is 1. The molecule has 2 N–H and O–H groups in total. The van der Waals surface area contributed by atoms with Gasteiger partial charge in [-0.3, -0.25) is 0 Å². The SMILES string of the molecule is COc1ccc(-c2cc(F)ccc2N)c(F)c1. The van der Waals surface area contributed by atoms with Gasteiger partial charge in [0.2, 0.25) is 0 Å². The van der Waals surface area contributed by atoms with E-state index in [1.165, 1.54) is 37.4 Å². The van der Waals surface area contributed by atoms with Crippen molar-refractivity contribution < 1.29 is 13.5 Å². The second-order valence-corrected chi connectivity index (χ2v) is 3.58. The topological polar surface area (TPSA) is 35.2 Å². The lowest BCUT2D eigenvalue weighted by Crippen LogP contribution is -1.94. The minimum absolute atomic E-state index is 0.253. The molecule has 0 saturated heterocycles. The zero-order chi connectivity index (χ0) is 12.4. The van der Waals surface area contributed by atoms with Gasteiger partial charge in [-0.25, -0.2) is 8.78 Å². The van der Waals surface area contributed by atoms with E-state index in [9.17, 15) is 8.78 Å². The van der Waals surface area contributed by atoms with Gasteiger partial charge in [0, 0.05) is 22.9 Å². The first kappa shape index (κ1) is 11.4. The summed E-state index contributed by atoms with van der Waals surface area (Å²) in [7, 11) is 1.45. The fraction of sp³-hybridized carbons (Fsp3) is 0.0769. The van der Waals surface area contributed by atoms with Crippen LogP contribution in [0, 0.1) is 11.6 Å². The summed E-state index contributed by atoms with van der Waals surface area (Å²) in [4.78, 5) is 0. The van der Waals surface area contributed by atoms with Crippen molar-refractivity contribution in [3.8, 4) is 16.9 Å². The minimum atomic E-state index is -0.498. The third kappa shape index (κ3) is 2.20. The van der Waals surface area contributed by atoms with E-state index in [-0.39, 0.29) is 5.56 Å². The number of halogens is 2. The Balaban J connectivity index is 2.56. The number of benzene rings is 2. The fourth-order valence-electron chi connectivity index (χ4n) is 1.60. The Kier molecular flexibility index (Phi) is 2.95. The van der Waals surface area contributed by atoms with Crippen LogP contribution in [0.25, 0.3) is 11.1 Å². The van der Waals surface area contributed by atoms with Gasteiger partial charge in [0.05, 0.1) is 7.11 Å². The van der Waals surface area contributed by atoms with E-state index in [2.05, 4.69) is 0 Å². The van der Waals surface area contributed by atoms with Crippen LogP contribution in [0.3, 0.4) is 0 Å². The van der Waals surface area contributed by atoms with E-state index in [4.69, 9.17) is 10.5 Å². The predicted molar refractivity (Wildman–Crippen MR) is 62.8 cm³/mol. The molecule has 0 aliphatic rings. The molecule has 4 heteroatoms. The summed E-state index contributed by atoms with van der Waals surface area (Å²) in [5, 5.41) is 0. The van der Waals surface area contributed by atoms with Crippen molar-refractivity contribution >= 4 is 5.69 Å². The van der Waals surface area contributed by atoms with Crippen LogP contribution in [0.15, 0.2) is 36.4 Å². The number of ether oxygens (including phenoxy) is 1. The van der Waals surface area contributed by atoms with E-state index >= 15 is 0 Å². The standard InChI is InChI=1S/C13H11F2NO/c1-17-9-3-4-10(12(15)7-9)11-6-8(14)2-5-13(11)16/h2-7H,16H2,1H3. The average Bonchev–Trinajstić information content (AvgIpc) is 2.32. The van der Waals surface area contributed by atoms with Gasteiger partial charge in [0.25, 0.3) is 0 Å². The average molecular weight is 235 g/mol. The zero-order valence-electron chi connectivity index (χ0n) is 9.21. The molecule has 0 atom stereocenters. The van der Waals surface area contributed by atoms with Gasteiger partial charge in [-0.05, 0) is 30.3 Å². The number of hydrogen-bond acceptors (Lipinski definition) is 2. The monoisotopic (exact) mass is 235 g/mol. The molecule has 2 rings (SSSR count). The number of nitrogen functional groups attached to an aromatic ring is 1. The van der Waals surface area contributed by atoms with Gasteiger partial charge < -0.3 is 10.5 Å². The first-order valence-electron chi connectivity index (χ1n) is 5.01. The van der Waals surface area contributed by atoms with E-state index < -0.39 is 11.6 Å². The Hall–Kier alpha value is -2.10. The smallest absolute Gasteiger partial charge is 0.134 e. The Morgan fingerprint density at radius 2 is 1.76 bits per heavy atom. The maximum absolute atomic E-state index is 13.8. The second kappa shape index (κ2) is 4.41. The molecule has 2 aromatic carbocycles. The summed E-state index contributed by atoms with van der Waals surface area (Å²) >= 11 is 0. The fourth-order valence-corrected chi connectivity index (χ4v) is 1.60. The van der Waals surface area contributed by atoms with Crippen LogP contribution < -0.4 is 10.5 Å². The molecule has 0 aliphatic carbocycles. The van der Waals surface area contributed by atoms with Crippen LogP contribution in [0.5, 0.6) is 5.75 Å². The Morgan fingerprint density at radius 1 is 1.00 bits per heavy atom. The molecule has 0 heterocycles. The molecular formula is C13H11F2NO. The van der Waals surface area contributed by atoms with Gasteiger partial charge in [-0.2, -0.15) is 0 Å². The molecule has 0 aromatic heterocycles. The Bertz CT molecular complexity index is 555. The first-order valence-corrected chi connectivity index (χ1v) is 5.01. The molecule has 17 heavy (non-hydrogen) atoms. The lowest BCUT2D eigenvalue weighted by atomic mass is 10.0. The maximum Gasteiger partial charge on any atom is 0.134 e. The highest BCUT2D eigenvalue weighted by Crippen LogP contribution is 2.30. The Morgan fingerprint density at radius 3 is 2.41 bits per heavy atom. The van der Waals surface area contributed by atoms with E-state index in [0.29, 0.717) is 17.0 Å². The molecule has 0 aliphatic heterocycles. The van der Waals surface area contributed by atoms with Crippen LogP contribution in [0.4, 0.5) is 14.5 Å². The van der Waals surface area contributed by atoms with Crippen molar-refractivity contribution in [2.24, 2.45) is 0 Å². The molecule has 0 spiro atoms. The van der Waals surface area contributed by atoms with Crippen LogP contribution in [0.1, 0.15) is 0 Å². The zero-order valence-corrected chi connectivity index (χ0v) is 9.21. The quantitative estimate of drug-likeness (QED) is 0.811. The normalized spacial score (nSPS) is 10.3. The minimum Gasteiger partial charge on any atom is -0.497 e. The largest absolute Gasteiger partial charge is 0.497 e. The molecular weight excluding hydrogens is 224 g/mol. The van der Waals surface area contributed by atoms with Crippen LogP contribution in [0.2, 0.25) is 0 Å². The van der Waals surface area contributed by atoms with E-state index in [1.807, 2.05) is 0 Å². The highest BCUT2D eigenvalue weighted by atomic mass is 19.1. The molecule has 0 radical (unpaired) electrons. The van der Waals surface area contributed by atoms with Gasteiger partial charge in [-0.15, -0.1) is 0 Å². The predicted octanol–water partition coefficient (Wildman–Crippen LogP) is 3.22. The molecule has 0 amide bonds. The number of methoxy groups -OCH3 is 1. The van der Waals surface area contributed by atoms with Crippen LogP contribution in [-0.4, -0.2) is 7.11 Å². The maximum atomic E-state index is 13.8. The summed E-state index contributed by atoms with van der Waals surface area (Å²) in [5.74, 6) is -0.549. The van der Waals surface area contributed by atoms with Crippen molar-refractivity contribution in [1.82, 2.24) is 0 Å². The number of rotatable bonds is 2. The van der Waals surface area contributed by atoms with E-state index in [1.54, 1.807) is 6.07 Å². The van der Waals surface area contributed by atoms with Crippen molar-refractivity contribution in [1.29, 1.82) is 0 Å². The summed E-state index contributed by atoms with van der Waals surface area (Å²) < 4.78 is 31.8. The van der Waals surface area contributed by atoms with Gasteiger partial charge >= 0.3 is 0 Å². The van der Waals surface area contributed by atoms with Crippen LogP contribution in [-0.2, 0) is 0 Å². The van der Waals surface area contributed by atoms with Gasteiger partial charge in [-0.1, -0.05) is 0 Å². The third-order valence-electron chi connectivity index (χ3n) is 2.48. The van der Waals surface area contributed by atoms with Crippen molar-refractivity contribution in [3.05, 3.63) is 48.0 Å². The number of nitrogens with two attached hydrogens (primary N) is 1. The highest BCUT2D eigenvalue weighted by molar-refractivity contribution is 5.77. The Labute approximate surface area is 97.6 Å². The van der Waals surface area contributed by atoms with Gasteiger partial charge in [0.15, 0.2) is 0 Å². The molecule has 0 bridgehead atoms. The number of anilines is 1. The summed E-state index contributed by atoms with van der Waals surface area (Å²) in [6, 6.07) is 8.20. The summed E-state index contributed by atoms with van der Waals surface area (Å²) in [6.07, 6.45) is 0. The molecule has 0 unspecified atom stereocenters. The van der Waals surface area contributed by atoms with Crippen molar-refractivity contribution in [2.45, 2.75) is 0 Å². The molecule has 0 saturated carbocycles. The molecule has 2 aromatic rings. The van der Waals surface area contributed by atoms with Crippen LogP contribution >= 0.6 is 0 Å².